The lowest BCUT2D eigenvalue weighted by molar-refractivity contribution is 0.344. The monoisotopic (exact) mass is 598 g/mol. The van der Waals surface area contributed by atoms with E-state index in [1.165, 1.54) is 32.5 Å². The van der Waals surface area contributed by atoms with E-state index in [4.69, 9.17) is 9.72 Å². The molecule has 0 amide bonds. The number of nitrogens with zero attached hydrogens (tertiary/aromatic N) is 2. The Morgan fingerprint density at radius 2 is 1.37 bits per heavy atom. The molecule has 214 valence electrons. The van der Waals surface area contributed by atoms with Crippen molar-refractivity contribution in [2.75, 3.05) is 17.3 Å². The van der Waals surface area contributed by atoms with Gasteiger partial charge in [-0.2, -0.15) is 12.6 Å². The highest BCUT2D eigenvalue weighted by Crippen LogP contribution is 2.55. The smallest absolute Gasteiger partial charge is 0.124 e. The van der Waals surface area contributed by atoms with Crippen LogP contribution in [0, 0.1) is 0 Å². The number of thiazole rings is 1. The predicted octanol–water partition coefficient (Wildman–Crippen LogP) is 10.8. The predicted molar refractivity (Wildman–Crippen MR) is 186 cm³/mol. The Bertz CT molecular complexity index is 1860. The number of ether oxygens (including phenoxy) is 1. The minimum atomic E-state index is -0.0692. The van der Waals surface area contributed by atoms with Crippen LogP contribution in [0.2, 0.25) is 0 Å². The van der Waals surface area contributed by atoms with E-state index in [2.05, 4.69) is 135 Å². The van der Waals surface area contributed by atoms with Crippen molar-refractivity contribution in [1.82, 2.24) is 4.98 Å². The summed E-state index contributed by atoms with van der Waals surface area (Å²) in [7, 11) is 0. The summed E-state index contributed by atoms with van der Waals surface area (Å²) in [6.45, 7) is 5.25. The maximum absolute atomic E-state index is 5.81. The van der Waals surface area contributed by atoms with Crippen molar-refractivity contribution in [1.29, 1.82) is 0 Å². The van der Waals surface area contributed by atoms with Crippen molar-refractivity contribution in [2.24, 2.45) is 0 Å². The molecule has 0 saturated carbocycles. The Balaban J connectivity index is 1.33. The molecular weight excluding hydrogens is 565 g/mol. The van der Waals surface area contributed by atoms with Gasteiger partial charge in [0, 0.05) is 33.8 Å². The van der Waals surface area contributed by atoms with Crippen LogP contribution in [0.1, 0.15) is 37.8 Å². The van der Waals surface area contributed by atoms with E-state index in [0.717, 1.165) is 46.2 Å². The van der Waals surface area contributed by atoms with Crippen molar-refractivity contribution in [3.8, 4) is 27.4 Å². The summed E-state index contributed by atoms with van der Waals surface area (Å²) >= 11 is 6.05. The van der Waals surface area contributed by atoms with Crippen LogP contribution in [0.5, 0.6) is 5.75 Å². The van der Waals surface area contributed by atoms with Crippen LogP contribution in [0.15, 0.2) is 115 Å². The molecule has 1 aliphatic carbocycles. The normalized spacial score (nSPS) is 13.1. The summed E-state index contributed by atoms with van der Waals surface area (Å²) in [5.74, 6) is 1.55. The zero-order valence-corrected chi connectivity index (χ0v) is 26.2. The Labute approximate surface area is 263 Å². The van der Waals surface area contributed by atoms with Crippen LogP contribution in [-0.2, 0) is 5.41 Å². The van der Waals surface area contributed by atoms with Crippen molar-refractivity contribution < 1.29 is 4.74 Å². The molecule has 0 N–H and O–H groups in total. The third-order valence-electron chi connectivity index (χ3n) is 8.82. The summed E-state index contributed by atoms with van der Waals surface area (Å²) in [5, 5.41) is 1.08. The van der Waals surface area contributed by atoms with Gasteiger partial charge >= 0.3 is 0 Å². The van der Waals surface area contributed by atoms with E-state index in [0.29, 0.717) is 12.4 Å². The number of fused-ring (bicyclic) bond motifs is 4. The SMILES string of the molecule is CCC1(CC)c2cc(-c3nc4ccccc4s3)ccc2-c2ccc(N(c3ccccc3)c3ccc(OCCS)cc3)cc21. The first-order chi connectivity index (χ1) is 21.1. The molecule has 43 heavy (non-hydrogen) atoms. The van der Waals surface area contributed by atoms with Crippen molar-refractivity contribution in [3.05, 3.63) is 126 Å². The van der Waals surface area contributed by atoms with Gasteiger partial charge in [0.1, 0.15) is 10.8 Å². The van der Waals surface area contributed by atoms with Gasteiger partial charge < -0.3 is 9.64 Å². The molecule has 0 fully saturated rings. The zero-order chi connectivity index (χ0) is 29.4. The highest BCUT2D eigenvalue weighted by atomic mass is 32.1. The number of aromatic nitrogens is 1. The van der Waals surface area contributed by atoms with Gasteiger partial charge in [-0.05, 0) is 102 Å². The number of benzene rings is 5. The zero-order valence-electron chi connectivity index (χ0n) is 24.5. The molecule has 0 aliphatic heterocycles. The molecule has 0 saturated heterocycles. The summed E-state index contributed by atoms with van der Waals surface area (Å²) < 4.78 is 7.04. The van der Waals surface area contributed by atoms with Gasteiger partial charge in [0.15, 0.2) is 0 Å². The van der Waals surface area contributed by atoms with Crippen molar-refractivity contribution in [3.63, 3.8) is 0 Å². The van der Waals surface area contributed by atoms with Gasteiger partial charge in [-0.15, -0.1) is 11.3 Å². The molecule has 0 atom stereocenters. The highest BCUT2D eigenvalue weighted by Gasteiger charge is 2.41. The Hall–Kier alpha value is -4.06. The summed E-state index contributed by atoms with van der Waals surface area (Å²) in [6, 6.07) is 41.4. The molecule has 1 aromatic heterocycles. The van der Waals surface area contributed by atoms with E-state index in [9.17, 15) is 0 Å². The first-order valence-electron chi connectivity index (χ1n) is 15.0. The second-order valence-corrected chi connectivity index (χ2v) is 12.5. The van der Waals surface area contributed by atoms with Crippen LogP contribution in [0.25, 0.3) is 31.9 Å². The fourth-order valence-corrected chi connectivity index (χ4v) is 7.70. The lowest BCUT2D eigenvalue weighted by Gasteiger charge is -2.32. The Morgan fingerprint density at radius 3 is 2.09 bits per heavy atom. The topological polar surface area (TPSA) is 25.4 Å². The second kappa shape index (κ2) is 11.6. The minimum Gasteiger partial charge on any atom is -0.493 e. The van der Waals surface area contributed by atoms with Gasteiger partial charge in [0.05, 0.1) is 16.8 Å². The van der Waals surface area contributed by atoms with Crippen LogP contribution in [0.4, 0.5) is 17.1 Å². The number of para-hydroxylation sites is 2. The number of hydrogen-bond donors (Lipinski definition) is 1. The number of thiol groups is 1. The first-order valence-corrected chi connectivity index (χ1v) is 16.4. The lowest BCUT2D eigenvalue weighted by Crippen LogP contribution is -2.23. The standard InChI is InChI=1S/C38H34N2OS2/c1-3-38(4-2)33-24-26(37-39-35-12-8-9-13-36(35)43-37)14-20-31(33)32-21-17-29(25-34(32)38)40(27-10-6-5-7-11-27)28-15-18-30(19-16-28)41-22-23-42/h5-21,24-25,42H,3-4,22-23H2,1-2H3. The molecule has 5 heteroatoms. The highest BCUT2D eigenvalue weighted by molar-refractivity contribution is 7.80. The molecule has 5 aromatic carbocycles. The van der Waals surface area contributed by atoms with E-state index >= 15 is 0 Å². The lowest BCUT2D eigenvalue weighted by atomic mass is 9.73. The molecule has 0 bridgehead atoms. The molecule has 1 aliphatic rings. The van der Waals surface area contributed by atoms with Crippen LogP contribution in [0.3, 0.4) is 0 Å². The Kier molecular flexibility index (Phi) is 7.46. The van der Waals surface area contributed by atoms with Gasteiger partial charge in [0.2, 0.25) is 0 Å². The summed E-state index contributed by atoms with van der Waals surface area (Å²) in [6.07, 6.45) is 2.05. The molecule has 3 nitrogen and oxygen atoms in total. The quantitative estimate of drug-likeness (QED) is 0.168. The average molecular weight is 599 g/mol. The van der Waals surface area contributed by atoms with Gasteiger partial charge in [-0.25, -0.2) is 4.98 Å². The summed E-state index contributed by atoms with van der Waals surface area (Å²) in [4.78, 5) is 7.32. The molecule has 0 unspecified atom stereocenters. The molecule has 1 heterocycles. The number of rotatable bonds is 9. The molecule has 0 spiro atoms. The van der Waals surface area contributed by atoms with E-state index < -0.39 is 0 Å². The van der Waals surface area contributed by atoms with Crippen LogP contribution >= 0.6 is 24.0 Å². The van der Waals surface area contributed by atoms with Gasteiger partial charge in [-0.3, -0.25) is 0 Å². The maximum atomic E-state index is 5.81. The molecular formula is C38H34N2OS2. The fourth-order valence-electron chi connectivity index (χ4n) is 6.64. The van der Waals surface area contributed by atoms with Crippen LogP contribution in [-0.4, -0.2) is 17.3 Å². The minimum absolute atomic E-state index is 0.0692. The third-order valence-corrected chi connectivity index (χ3v) is 10.1. The second-order valence-electron chi connectivity index (χ2n) is 11.0. The van der Waals surface area contributed by atoms with Crippen molar-refractivity contribution in [2.45, 2.75) is 32.1 Å². The molecule has 0 radical (unpaired) electrons. The van der Waals surface area contributed by atoms with Gasteiger partial charge in [-0.1, -0.05) is 62.4 Å². The largest absolute Gasteiger partial charge is 0.493 e. The Morgan fingerprint density at radius 1 is 0.721 bits per heavy atom. The van der Waals surface area contributed by atoms with Crippen LogP contribution < -0.4 is 9.64 Å². The van der Waals surface area contributed by atoms with Gasteiger partial charge in [0.25, 0.3) is 0 Å². The number of anilines is 3. The van der Waals surface area contributed by atoms with E-state index in [1.807, 2.05) is 12.1 Å². The fraction of sp³-hybridized carbons (Fsp3) is 0.184. The number of hydrogen-bond acceptors (Lipinski definition) is 5. The summed E-state index contributed by atoms with van der Waals surface area (Å²) in [5.41, 5.74) is 11.1. The average Bonchev–Trinajstić information content (AvgIpc) is 3.62. The third kappa shape index (κ3) is 4.81. The molecule has 6 aromatic rings. The van der Waals surface area contributed by atoms with E-state index in [1.54, 1.807) is 11.3 Å². The maximum Gasteiger partial charge on any atom is 0.124 e. The first kappa shape index (κ1) is 27.8. The van der Waals surface area contributed by atoms with Crippen molar-refractivity contribution >= 4 is 51.2 Å². The molecule has 7 rings (SSSR count). The van der Waals surface area contributed by atoms with E-state index in [-0.39, 0.29) is 5.41 Å².